The molecule has 0 aliphatic heterocycles. The van der Waals surface area contributed by atoms with E-state index in [9.17, 15) is 13.6 Å². The maximum Gasteiger partial charge on any atom is 0.355 e. The molecule has 0 radical (unpaired) electrons. The van der Waals surface area contributed by atoms with E-state index in [1.165, 1.54) is 6.07 Å². The van der Waals surface area contributed by atoms with Crippen molar-refractivity contribution in [1.82, 2.24) is 4.98 Å². The molecule has 0 aliphatic carbocycles. The Hall–Kier alpha value is -1.08. The predicted molar refractivity (Wildman–Crippen MR) is 51.7 cm³/mol. The lowest BCUT2D eigenvalue weighted by Crippen LogP contribution is -2.11. The van der Waals surface area contributed by atoms with Crippen LogP contribution in [0.15, 0.2) is 10.5 Å². The maximum absolute atomic E-state index is 12.5. The number of nitrogens with zero attached hydrogens (tertiary/aromatic N) is 1. The van der Waals surface area contributed by atoms with Crippen molar-refractivity contribution in [2.45, 2.75) is 13.0 Å². The second-order valence-corrected chi connectivity index (χ2v) is 3.52. The summed E-state index contributed by atoms with van der Waals surface area (Å²) in [6.07, 6.45) is -2.90. The van der Waals surface area contributed by atoms with Gasteiger partial charge in [-0.2, -0.15) is 0 Å². The van der Waals surface area contributed by atoms with Crippen molar-refractivity contribution in [3.8, 4) is 0 Å². The number of aromatic carboxylic acids is 1. The molecule has 0 bridgehead atoms. The summed E-state index contributed by atoms with van der Waals surface area (Å²) in [5.41, 5.74) is 4.20. The van der Waals surface area contributed by atoms with Crippen LogP contribution < -0.4 is 5.73 Å². The highest BCUT2D eigenvalue weighted by Gasteiger charge is 2.23. The van der Waals surface area contributed by atoms with E-state index in [1.807, 2.05) is 0 Å². The minimum absolute atomic E-state index is 0.00495. The summed E-state index contributed by atoms with van der Waals surface area (Å²) in [5.74, 6) is -1.50. The van der Waals surface area contributed by atoms with Crippen LogP contribution in [-0.2, 0) is 6.54 Å². The van der Waals surface area contributed by atoms with E-state index in [0.29, 0.717) is 0 Å². The highest BCUT2D eigenvalue weighted by atomic mass is 79.9. The summed E-state index contributed by atoms with van der Waals surface area (Å²) in [6, 6.07) is 1.29. The van der Waals surface area contributed by atoms with Gasteiger partial charge in [-0.3, -0.25) is 0 Å². The minimum Gasteiger partial charge on any atom is -0.476 e. The zero-order valence-electron chi connectivity index (χ0n) is 7.38. The Morgan fingerprint density at radius 3 is 2.67 bits per heavy atom. The van der Waals surface area contributed by atoms with Crippen LogP contribution in [0, 0.1) is 0 Å². The summed E-state index contributed by atoms with van der Waals surface area (Å²) in [4.78, 5) is 14.2. The van der Waals surface area contributed by atoms with Crippen molar-refractivity contribution in [1.29, 1.82) is 0 Å². The molecule has 7 heteroatoms. The number of rotatable bonds is 3. The van der Waals surface area contributed by atoms with Crippen molar-refractivity contribution in [2.75, 3.05) is 0 Å². The topological polar surface area (TPSA) is 76.2 Å². The fourth-order valence-electron chi connectivity index (χ4n) is 1.05. The van der Waals surface area contributed by atoms with E-state index in [0.717, 1.165) is 0 Å². The van der Waals surface area contributed by atoms with Crippen molar-refractivity contribution in [2.24, 2.45) is 5.73 Å². The molecule has 3 N–H and O–H groups in total. The molecule has 1 rings (SSSR count). The average Bonchev–Trinajstić information content (AvgIpc) is 2.15. The van der Waals surface area contributed by atoms with Gasteiger partial charge in [-0.1, -0.05) is 15.9 Å². The number of nitrogens with two attached hydrogens (primary N) is 1. The van der Waals surface area contributed by atoms with Crippen LogP contribution in [0.5, 0.6) is 0 Å². The Morgan fingerprint density at radius 1 is 1.67 bits per heavy atom. The molecule has 0 saturated heterocycles. The predicted octanol–water partition coefficient (Wildman–Crippen LogP) is 1.94. The third-order valence-corrected chi connectivity index (χ3v) is 2.35. The van der Waals surface area contributed by atoms with E-state index in [4.69, 9.17) is 10.8 Å². The number of hydrogen-bond donors (Lipinski definition) is 2. The fourth-order valence-corrected chi connectivity index (χ4v) is 1.67. The quantitative estimate of drug-likeness (QED) is 0.887. The first-order valence-corrected chi connectivity index (χ1v) is 4.67. The number of aromatic nitrogens is 1. The van der Waals surface area contributed by atoms with Gasteiger partial charge in [0, 0.05) is 11.0 Å². The van der Waals surface area contributed by atoms with E-state index in [2.05, 4.69) is 20.9 Å². The molecule has 82 valence electrons. The molecule has 0 spiro atoms. The molecule has 0 fully saturated rings. The van der Waals surface area contributed by atoms with Crippen molar-refractivity contribution < 1.29 is 18.7 Å². The Morgan fingerprint density at radius 2 is 2.27 bits per heavy atom. The van der Waals surface area contributed by atoms with Gasteiger partial charge in [-0.05, 0) is 6.07 Å². The van der Waals surface area contributed by atoms with Crippen LogP contribution >= 0.6 is 15.9 Å². The Labute approximate surface area is 92.2 Å². The lowest BCUT2D eigenvalue weighted by Gasteiger charge is -2.08. The summed E-state index contributed by atoms with van der Waals surface area (Å²) in [6.45, 7) is -0.0115. The zero-order chi connectivity index (χ0) is 11.6. The van der Waals surface area contributed by atoms with E-state index >= 15 is 0 Å². The monoisotopic (exact) mass is 280 g/mol. The second-order valence-electron chi connectivity index (χ2n) is 2.67. The number of halogens is 3. The molecule has 15 heavy (non-hydrogen) atoms. The summed E-state index contributed by atoms with van der Waals surface area (Å²) >= 11 is 2.87. The lowest BCUT2D eigenvalue weighted by atomic mass is 10.1. The standard InChI is InChI=1S/C8H7BrF2N2O2/c9-4-1-3(2-12)13-6(8(14)15)5(4)7(10)11/h1,7H,2,12H2,(H,14,15). The summed E-state index contributed by atoms with van der Waals surface area (Å²) in [5, 5.41) is 8.70. The highest BCUT2D eigenvalue weighted by molar-refractivity contribution is 9.10. The lowest BCUT2D eigenvalue weighted by molar-refractivity contribution is 0.0676. The largest absolute Gasteiger partial charge is 0.476 e. The first-order valence-electron chi connectivity index (χ1n) is 3.88. The third-order valence-electron chi connectivity index (χ3n) is 1.69. The van der Waals surface area contributed by atoms with Crippen LogP contribution in [0.4, 0.5) is 8.78 Å². The molecule has 0 atom stereocenters. The number of alkyl halides is 2. The van der Waals surface area contributed by atoms with Crippen molar-refractivity contribution in [3.05, 3.63) is 27.5 Å². The second kappa shape index (κ2) is 4.63. The van der Waals surface area contributed by atoms with Gasteiger partial charge >= 0.3 is 5.97 Å². The fraction of sp³-hybridized carbons (Fsp3) is 0.250. The number of carbonyl (C=O) groups is 1. The molecule has 1 heterocycles. The smallest absolute Gasteiger partial charge is 0.355 e. The molecule has 0 aliphatic rings. The van der Waals surface area contributed by atoms with Gasteiger partial charge in [0.2, 0.25) is 0 Å². The summed E-state index contributed by atoms with van der Waals surface area (Å²) < 4.78 is 25.0. The Balaban J connectivity index is 3.42. The normalized spacial score (nSPS) is 10.7. The van der Waals surface area contributed by atoms with Crippen LogP contribution in [0.25, 0.3) is 0 Å². The SMILES string of the molecule is NCc1cc(Br)c(C(F)F)c(C(=O)O)n1. The van der Waals surface area contributed by atoms with Crippen molar-refractivity contribution >= 4 is 21.9 Å². The molecule has 0 amide bonds. The molecule has 0 aromatic carbocycles. The van der Waals surface area contributed by atoms with Gasteiger partial charge in [0.05, 0.1) is 11.3 Å². The molecule has 4 nitrogen and oxygen atoms in total. The van der Waals surface area contributed by atoms with Gasteiger partial charge in [0.25, 0.3) is 6.43 Å². The number of pyridine rings is 1. The average molecular weight is 281 g/mol. The van der Waals surface area contributed by atoms with Gasteiger partial charge in [-0.25, -0.2) is 18.6 Å². The van der Waals surface area contributed by atoms with Crippen molar-refractivity contribution in [3.63, 3.8) is 0 Å². The third kappa shape index (κ3) is 2.48. The van der Waals surface area contributed by atoms with Gasteiger partial charge in [-0.15, -0.1) is 0 Å². The molecular formula is C8H7BrF2N2O2. The number of hydrogen-bond acceptors (Lipinski definition) is 3. The van der Waals surface area contributed by atoms with Gasteiger partial charge in [0.1, 0.15) is 0 Å². The van der Waals surface area contributed by atoms with Crippen LogP contribution in [0.3, 0.4) is 0 Å². The van der Waals surface area contributed by atoms with Crippen LogP contribution in [0.2, 0.25) is 0 Å². The molecule has 0 unspecified atom stereocenters. The molecular weight excluding hydrogens is 274 g/mol. The summed E-state index contributed by atoms with van der Waals surface area (Å²) in [7, 11) is 0. The number of carboxylic acid groups (broad SMARTS) is 1. The van der Waals surface area contributed by atoms with E-state index in [-0.39, 0.29) is 16.7 Å². The zero-order valence-corrected chi connectivity index (χ0v) is 8.96. The Bertz CT molecular complexity index is 398. The molecule has 1 aromatic rings. The Kier molecular flexibility index (Phi) is 3.70. The first-order chi connectivity index (χ1) is 6.97. The first kappa shape index (κ1) is 12.0. The molecule has 1 aromatic heterocycles. The van der Waals surface area contributed by atoms with Gasteiger partial charge in [0.15, 0.2) is 5.69 Å². The van der Waals surface area contributed by atoms with E-state index in [1.54, 1.807) is 0 Å². The van der Waals surface area contributed by atoms with Crippen LogP contribution in [-0.4, -0.2) is 16.1 Å². The van der Waals surface area contributed by atoms with Crippen LogP contribution in [0.1, 0.15) is 28.2 Å². The highest BCUT2D eigenvalue weighted by Crippen LogP contribution is 2.30. The van der Waals surface area contributed by atoms with E-state index < -0.39 is 23.7 Å². The maximum atomic E-state index is 12.5. The minimum atomic E-state index is -2.90. The number of carboxylic acids is 1. The molecule has 0 saturated carbocycles. The van der Waals surface area contributed by atoms with Gasteiger partial charge < -0.3 is 10.8 Å².